The van der Waals surface area contributed by atoms with E-state index in [9.17, 15) is 18.0 Å². The first-order chi connectivity index (χ1) is 8.95. The number of rotatable bonds is 4. The Balaban J connectivity index is 1.98. The zero-order valence-electron chi connectivity index (χ0n) is 10.3. The number of fused-ring (bicyclic) bond motifs is 3. The summed E-state index contributed by atoms with van der Waals surface area (Å²) in [5.74, 6) is -0.702. The molecule has 2 aliphatic rings. The molecule has 7 heteroatoms. The molecule has 19 heavy (non-hydrogen) atoms. The van der Waals surface area contributed by atoms with Crippen molar-refractivity contribution < 1.29 is 22.7 Å². The standard InChI is InChI=1S/C12H13F3N2O2/c1-2-19-4-3-17-9-8(6-5-7(6)10(9)18)11(16-17)12(13,14)15/h6-7H,2-5H2,1H3. The molecule has 0 radical (unpaired) electrons. The molecular weight excluding hydrogens is 261 g/mol. The lowest BCUT2D eigenvalue weighted by atomic mass is 10.1. The van der Waals surface area contributed by atoms with E-state index in [-0.39, 0.29) is 42.0 Å². The number of hydrogen-bond donors (Lipinski definition) is 0. The first-order valence-corrected chi connectivity index (χ1v) is 6.25. The number of Topliss-reactive ketones (excluding diaryl/α,β-unsaturated/α-hetero) is 1. The molecule has 0 N–H and O–H groups in total. The lowest BCUT2D eigenvalue weighted by Gasteiger charge is -2.05. The summed E-state index contributed by atoms with van der Waals surface area (Å²) in [7, 11) is 0. The number of halogens is 3. The monoisotopic (exact) mass is 274 g/mol. The zero-order chi connectivity index (χ0) is 13.8. The molecule has 2 unspecified atom stereocenters. The molecule has 0 amide bonds. The number of carbonyl (C=O) groups excluding carboxylic acids is 1. The first-order valence-electron chi connectivity index (χ1n) is 6.25. The second-order valence-electron chi connectivity index (χ2n) is 4.84. The van der Waals surface area contributed by atoms with Crippen molar-refractivity contribution >= 4 is 5.78 Å². The molecule has 104 valence electrons. The maximum Gasteiger partial charge on any atom is 0.435 e. The van der Waals surface area contributed by atoms with E-state index in [1.807, 2.05) is 0 Å². The highest BCUT2D eigenvalue weighted by atomic mass is 19.4. The Bertz CT molecular complexity index is 536. The third-order valence-electron chi connectivity index (χ3n) is 3.64. The van der Waals surface area contributed by atoms with Crippen molar-refractivity contribution in [3.63, 3.8) is 0 Å². The van der Waals surface area contributed by atoms with E-state index in [1.165, 1.54) is 4.68 Å². The van der Waals surface area contributed by atoms with Gasteiger partial charge in [-0.05, 0) is 19.3 Å². The maximum absolute atomic E-state index is 12.9. The van der Waals surface area contributed by atoms with Gasteiger partial charge in [0.05, 0.1) is 13.2 Å². The highest BCUT2D eigenvalue weighted by Crippen LogP contribution is 2.58. The third-order valence-corrected chi connectivity index (χ3v) is 3.64. The molecule has 2 aliphatic carbocycles. The van der Waals surface area contributed by atoms with E-state index in [4.69, 9.17) is 4.74 Å². The minimum atomic E-state index is -4.50. The predicted molar refractivity (Wildman–Crippen MR) is 58.9 cm³/mol. The predicted octanol–water partition coefficient (Wildman–Crippen LogP) is 2.24. The number of ketones is 1. The fourth-order valence-electron chi connectivity index (χ4n) is 2.73. The lowest BCUT2D eigenvalue weighted by Crippen LogP contribution is -2.15. The van der Waals surface area contributed by atoms with Gasteiger partial charge in [0.25, 0.3) is 0 Å². The maximum atomic E-state index is 12.9. The molecule has 0 bridgehead atoms. The van der Waals surface area contributed by atoms with Crippen molar-refractivity contribution in [2.45, 2.75) is 32.0 Å². The highest BCUT2D eigenvalue weighted by Gasteiger charge is 2.58. The Morgan fingerprint density at radius 2 is 2.16 bits per heavy atom. The van der Waals surface area contributed by atoms with Gasteiger partial charge in [-0.25, -0.2) is 0 Å². The normalized spacial score (nSPS) is 24.5. The molecule has 0 aliphatic heterocycles. The van der Waals surface area contributed by atoms with Crippen LogP contribution in [0.25, 0.3) is 0 Å². The molecular formula is C12H13F3N2O2. The van der Waals surface area contributed by atoms with Gasteiger partial charge in [-0.3, -0.25) is 9.48 Å². The van der Waals surface area contributed by atoms with Gasteiger partial charge in [0.1, 0.15) is 5.69 Å². The summed E-state index contributed by atoms with van der Waals surface area (Å²) in [6, 6.07) is 0. The fourth-order valence-corrected chi connectivity index (χ4v) is 2.73. The minimum Gasteiger partial charge on any atom is -0.380 e. The van der Waals surface area contributed by atoms with Crippen LogP contribution in [0.5, 0.6) is 0 Å². The molecule has 0 aromatic carbocycles. The Morgan fingerprint density at radius 1 is 1.42 bits per heavy atom. The van der Waals surface area contributed by atoms with Gasteiger partial charge >= 0.3 is 6.18 Å². The number of hydrogen-bond acceptors (Lipinski definition) is 3. The van der Waals surface area contributed by atoms with Crippen LogP contribution in [0, 0.1) is 5.92 Å². The van der Waals surface area contributed by atoms with Crippen LogP contribution in [-0.2, 0) is 17.5 Å². The van der Waals surface area contributed by atoms with Crippen molar-refractivity contribution in [2.24, 2.45) is 5.92 Å². The van der Waals surface area contributed by atoms with Crippen LogP contribution in [0.4, 0.5) is 13.2 Å². The number of carbonyl (C=O) groups is 1. The molecule has 1 aromatic rings. The van der Waals surface area contributed by atoms with E-state index >= 15 is 0 Å². The molecule has 1 aromatic heterocycles. The summed E-state index contributed by atoms with van der Waals surface area (Å²) in [5.41, 5.74) is -0.635. The SMILES string of the molecule is CCOCCn1nc(C(F)(F)F)c2c1C(=O)C1CC21. The molecule has 2 atom stereocenters. The van der Waals surface area contributed by atoms with Crippen molar-refractivity contribution in [1.82, 2.24) is 9.78 Å². The van der Waals surface area contributed by atoms with Crippen LogP contribution in [0.2, 0.25) is 0 Å². The molecule has 3 rings (SSSR count). The largest absolute Gasteiger partial charge is 0.435 e. The smallest absolute Gasteiger partial charge is 0.380 e. The number of nitrogens with zero attached hydrogens (tertiary/aromatic N) is 2. The average Bonchev–Trinajstić information content (AvgIpc) is 2.94. The van der Waals surface area contributed by atoms with Gasteiger partial charge in [-0.1, -0.05) is 0 Å². The molecule has 0 spiro atoms. The van der Waals surface area contributed by atoms with E-state index in [0.29, 0.717) is 13.0 Å². The second kappa shape index (κ2) is 4.06. The van der Waals surface area contributed by atoms with Crippen LogP contribution < -0.4 is 0 Å². The molecule has 4 nitrogen and oxygen atoms in total. The number of aromatic nitrogens is 2. The van der Waals surface area contributed by atoms with E-state index < -0.39 is 11.9 Å². The van der Waals surface area contributed by atoms with Gasteiger partial charge in [0, 0.05) is 18.1 Å². The Labute approximate surface area is 107 Å². The summed E-state index contributed by atoms with van der Waals surface area (Å²) < 4.78 is 45.1. The topological polar surface area (TPSA) is 44.1 Å². The molecule has 1 heterocycles. The highest BCUT2D eigenvalue weighted by molar-refractivity contribution is 6.05. The van der Waals surface area contributed by atoms with Gasteiger partial charge in [0.15, 0.2) is 11.5 Å². The van der Waals surface area contributed by atoms with Crippen LogP contribution in [0.3, 0.4) is 0 Å². The summed E-state index contributed by atoms with van der Waals surface area (Å²) in [6.07, 6.45) is -3.97. The lowest BCUT2D eigenvalue weighted by molar-refractivity contribution is -0.142. The summed E-state index contributed by atoms with van der Waals surface area (Å²) in [5, 5.41) is 3.59. The fraction of sp³-hybridized carbons (Fsp3) is 0.667. The summed E-state index contributed by atoms with van der Waals surface area (Å²) in [6.45, 7) is 2.71. The van der Waals surface area contributed by atoms with Crippen LogP contribution in [0.15, 0.2) is 0 Å². The average molecular weight is 274 g/mol. The Kier molecular flexibility index (Phi) is 2.70. The van der Waals surface area contributed by atoms with Gasteiger partial charge in [-0.15, -0.1) is 0 Å². The van der Waals surface area contributed by atoms with Gasteiger partial charge in [-0.2, -0.15) is 18.3 Å². The van der Waals surface area contributed by atoms with Crippen LogP contribution >= 0.6 is 0 Å². The molecule has 1 saturated carbocycles. The molecule has 1 fully saturated rings. The van der Waals surface area contributed by atoms with Crippen molar-refractivity contribution in [2.75, 3.05) is 13.2 Å². The third kappa shape index (κ3) is 1.87. The first kappa shape index (κ1) is 12.7. The van der Waals surface area contributed by atoms with Crippen molar-refractivity contribution in [1.29, 1.82) is 0 Å². The van der Waals surface area contributed by atoms with Crippen molar-refractivity contribution in [3.8, 4) is 0 Å². The van der Waals surface area contributed by atoms with Gasteiger partial charge in [0.2, 0.25) is 0 Å². The van der Waals surface area contributed by atoms with Crippen molar-refractivity contribution in [3.05, 3.63) is 17.0 Å². The Morgan fingerprint density at radius 3 is 2.79 bits per heavy atom. The van der Waals surface area contributed by atoms with Crippen LogP contribution in [-0.4, -0.2) is 28.8 Å². The second-order valence-corrected chi connectivity index (χ2v) is 4.84. The summed E-state index contributed by atoms with van der Waals surface area (Å²) >= 11 is 0. The number of alkyl halides is 3. The quantitative estimate of drug-likeness (QED) is 0.791. The van der Waals surface area contributed by atoms with Crippen LogP contribution in [0.1, 0.15) is 41.0 Å². The molecule has 0 saturated heterocycles. The van der Waals surface area contributed by atoms with E-state index in [2.05, 4.69) is 5.10 Å². The zero-order valence-corrected chi connectivity index (χ0v) is 10.3. The summed E-state index contributed by atoms with van der Waals surface area (Å²) in [4.78, 5) is 12.0. The van der Waals surface area contributed by atoms with E-state index in [0.717, 1.165) is 0 Å². The Hall–Kier alpha value is -1.37. The number of ether oxygens (including phenoxy) is 1. The van der Waals surface area contributed by atoms with Gasteiger partial charge < -0.3 is 4.74 Å². The minimum absolute atomic E-state index is 0.110. The van der Waals surface area contributed by atoms with E-state index in [1.54, 1.807) is 6.92 Å².